The monoisotopic (exact) mass is 350 g/mol. The molecule has 0 aromatic heterocycles. The minimum absolute atomic E-state index is 0.0280. The number of cyclic esters (lactones) is 1. The van der Waals surface area contributed by atoms with Gasteiger partial charge < -0.3 is 20.1 Å². The van der Waals surface area contributed by atoms with E-state index < -0.39 is 23.6 Å². The van der Waals surface area contributed by atoms with Crippen LogP contribution in [0.4, 0.5) is 0 Å². The maximum absolute atomic E-state index is 11.8. The van der Waals surface area contributed by atoms with E-state index in [0.29, 0.717) is 18.4 Å². The fourth-order valence-electron chi connectivity index (χ4n) is 5.56. The van der Waals surface area contributed by atoms with Crippen LogP contribution in [0.5, 0.6) is 0 Å². The number of fused-ring (bicyclic) bond motifs is 1. The lowest BCUT2D eigenvalue weighted by Gasteiger charge is -2.59. The molecule has 6 atom stereocenters. The van der Waals surface area contributed by atoms with E-state index in [2.05, 4.69) is 13.5 Å². The number of hydrogen-bond donors (Lipinski definition) is 3. The molecule has 140 valence electrons. The summed E-state index contributed by atoms with van der Waals surface area (Å²) in [7, 11) is 0. The number of allylic oxidation sites excluding steroid dienone is 2. The summed E-state index contributed by atoms with van der Waals surface area (Å²) in [5, 5.41) is 30.4. The molecule has 0 spiro atoms. The molecule has 0 aromatic carbocycles. The van der Waals surface area contributed by atoms with E-state index in [-0.39, 0.29) is 30.5 Å². The number of hydrogen-bond acceptors (Lipinski definition) is 5. The smallest absolute Gasteiger partial charge is 0.336 e. The Morgan fingerprint density at radius 1 is 1.32 bits per heavy atom. The lowest BCUT2D eigenvalue weighted by Crippen LogP contribution is -2.57. The standard InChI is InChI=1S/C20H30O5/c1-12-4-7-16-19(2,9-8-17(23)20(16,3)11-21)14(12)6-5-13-15(22)10-25-18(13)24/h5,14-17,21-23H,1,4,6-11H2,2-3H3/b13-5-/t14-,15?,16?,17?,19+,20?/m1/s1. The Hall–Kier alpha value is -1.17. The van der Waals surface area contributed by atoms with Crippen molar-refractivity contribution in [2.24, 2.45) is 22.7 Å². The molecule has 1 aliphatic heterocycles. The molecule has 3 aliphatic rings. The second-order valence-electron chi connectivity index (χ2n) is 8.54. The average molecular weight is 350 g/mol. The highest BCUT2D eigenvalue weighted by atomic mass is 16.6. The van der Waals surface area contributed by atoms with Gasteiger partial charge in [0.15, 0.2) is 0 Å². The van der Waals surface area contributed by atoms with E-state index in [4.69, 9.17) is 4.74 Å². The predicted molar refractivity (Wildman–Crippen MR) is 93.6 cm³/mol. The maximum Gasteiger partial charge on any atom is 0.336 e. The molecule has 5 nitrogen and oxygen atoms in total. The zero-order valence-electron chi connectivity index (χ0n) is 15.2. The molecule has 2 aliphatic carbocycles. The largest absolute Gasteiger partial charge is 0.459 e. The van der Waals surface area contributed by atoms with Gasteiger partial charge in [-0.05, 0) is 49.4 Å². The van der Waals surface area contributed by atoms with Gasteiger partial charge in [-0.25, -0.2) is 4.79 Å². The minimum atomic E-state index is -0.844. The van der Waals surface area contributed by atoms with Gasteiger partial charge in [-0.1, -0.05) is 32.1 Å². The van der Waals surface area contributed by atoms with Crippen LogP contribution in [-0.4, -0.2) is 46.7 Å². The number of carbonyl (C=O) groups excluding carboxylic acids is 1. The predicted octanol–water partition coefficient (Wildman–Crippen LogP) is 1.96. The molecule has 1 heterocycles. The zero-order chi connectivity index (χ0) is 18.4. The Balaban J connectivity index is 1.89. The first-order chi connectivity index (χ1) is 11.7. The van der Waals surface area contributed by atoms with Gasteiger partial charge in [-0.3, -0.25) is 0 Å². The SMILES string of the molecule is C=C1CCC2C(C)(CO)C(O)CC[C@@]2(C)[C@@H]1C/C=C1\C(=O)OCC1O. The fraction of sp³-hybridized carbons (Fsp3) is 0.750. The number of carbonyl (C=O) groups is 1. The Morgan fingerprint density at radius 3 is 2.64 bits per heavy atom. The van der Waals surface area contributed by atoms with Crippen molar-refractivity contribution in [3.05, 3.63) is 23.8 Å². The van der Waals surface area contributed by atoms with Crippen LogP contribution < -0.4 is 0 Å². The summed E-state index contributed by atoms with van der Waals surface area (Å²) in [6.45, 7) is 8.50. The van der Waals surface area contributed by atoms with Crippen molar-refractivity contribution in [1.29, 1.82) is 0 Å². The van der Waals surface area contributed by atoms with E-state index in [1.165, 1.54) is 0 Å². The van der Waals surface area contributed by atoms with Gasteiger partial charge in [-0.15, -0.1) is 0 Å². The van der Waals surface area contributed by atoms with Gasteiger partial charge in [0.25, 0.3) is 0 Å². The molecule has 3 fully saturated rings. The second-order valence-corrected chi connectivity index (χ2v) is 8.54. The van der Waals surface area contributed by atoms with Gasteiger partial charge in [0.1, 0.15) is 12.7 Å². The van der Waals surface area contributed by atoms with Crippen LogP contribution in [-0.2, 0) is 9.53 Å². The highest BCUT2D eigenvalue weighted by Gasteiger charge is 2.57. The molecule has 5 heteroatoms. The van der Waals surface area contributed by atoms with Crippen LogP contribution >= 0.6 is 0 Å². The van der Waals surface area contributed by atoms with Crippen LogP contribution in [0.25, 0.3) is 0 Å². The lowest BCUT2D eigenvalue weighted by molar-refractivity contribution is -0.151. The lowest BCUT2D eigenvalue weighted by atomic mass is 9.46. The average Bonchev–Trinajstić information content (AvgIpc) is 2.89. The minimum Gasteiger partial charge on any atom is -0.459 e. The van der Waals surface area contributed by atoms with Crippen LogP contribution in [0.15, 0.2) is 23.8 Å². The molecular formula is C20H30O5. The van der Waals surface area contributed by atoms with E-state index in [9.17, 15) is 20.1 Å². The van der Waals surface area contributed by atoms with Crippen molar-refractivity contribution in [3.8, 4) is 0 Å². The van der Waals surface area contributed by atoms with Crippen LogP contribution in [0.1, 0.15) is 46.0 Å². The summed E-state index contributed by atoms with van der Waals surface area (Å²) in [6, 6.07) is 0. The first kappa shape index (κ1) is 18.6. The first-order valence-corrected chi connectivity index (χ1v) is 9.26. The van der Waals surface area contributed by atoms with Gasteiger partial charge >= 0.3 is 5.97 Å². The third-order valence-corrected chi connectivity index (χ3v) is 7.23. The summed E-state index contributed by atoms with van der Waals surface area (Å²) < 4.78 is 4.90. The number of esters is 1. The summed E-state index contributed by atoms with van der Waals surface area (Å²) in [5.41, 5.74) is 0.911. The quantitative estimate of drug-likeness (QED) is 0.411. The first-order valence-electron chi connectivity index (χ1n) is 9.26. The van der Waals surface area contributed by atoms with Gasteiger partial charge in [0.2, 0.25) is 0 Å². The third kappa shape index (κ3) is 2.86. The molecule has 0 aromatic rings. The van der Waals surface area contributed by atoms with Crippen molar-refractivity contribution in [2.45, 2.75) is 58.2 Å². The van der Waals surface area contributed by atoms with Crippen LogP contribution in [0.3, 0.4) is 0 Å². The summed E-state index contributed by atoms with van der Waals surface area (Å²) in [5.74, 6) is -0.0734. The Morgan fingerprint density at radius 2 is 2.04 bits per heavy atom. The number of ether oxygens (including phenoxy) is 1. The van der Waals surface area contributed by atoms with Crippen molar-refractivity contribution in [2.75, 3.05) is 13.2 Å². The highest BCUT2D eigenvalue weighted by Crippen LogP contribution is 2.61. The topological polar surface area (TPSA) is 87.0 Å². The summed E-state index contributed by atoms with van der Waals surface area (Å²) >= 11 is 0. The fourth-order valence-corrected chi connectivity index (χ4v) is 5.56. The Labute approximate surface area is 149 Å². The maximum atomic E-state index is 11.8. The van der Waals surface area contributed by atoms with Crippen LogP contribution in [0, 0.1) is 22.7 Å². The van der Waals surface area contributed by atoms with Gasteiger partial charge in [0.05, 0.1) is 18.3 Å². The number of aliphatic hydroxyl groups excluding tert-OH is 3. The third-order valence-electron chi connectivity index (χ3n) is 7.23. The Kier molecular flexibility index (Phi) is 4.86. The highest BCUT2D eigenvalue weighted by molar-refractivity contribution is 5.91. The molecule has 4 unspecified atom stereocenters. The number of aliphatic hydroxyl groups is 3. The molecule has 25 heavy (non-hydrogen) atoms. The van der Waals surface area contributed by atoms with Gasteiger partial charge in [-0.2, -0.15) is 0 Å². The van der Waals surface area contributed by atoms with Crippen molar-refractivity contribution < 1.29 is 24.9 Å². The molecular weight excluding hydrogens is 320 g/mol. The summed E-state index contributed by atoms with van der Waals surface area (Å²) in [4.78, 5) is 11.8. The zero-order valence-corrected chi connectivity index (χ0v) is 15.2. The van der Waals surface area contributed by atoms with E-state index in [0.717, 1.165) is 24.8 Å². The van der Waals surface area contributed by atoms with E-state index in [1.807, 2.05) is 13.0 Å². The van der Waals surface area contributed by atoms with Crippen LogP contribution in [0.2, 0.25) is 0 Å². The summed E-state index contributed by atoms with van der Waals surface area (Å²) in [6.07, 6.45) is 4.42. The van der Waals surface area contributed by atoms with E-state index >= 15 is 0 Å². The van der Waals surface area contributed by atoms with Crippen molar-refractivity contribution in [1.82, 2.24) is 0 Å². The molecule has 0 bridgehead atoms. The Bertz CT molecular complexity index is 597. The molecule has 3 rings (SSSR count). The normalized spacial score (nSPS) is 46.2. The molecule has 0 radical (unpaired) electrons. The molecule has 2 saturated carbocycles. The second kappa shape index (κ2) is 6.53. The van der Waals surface area contributed by atoms with E-state index in [1.54, 1.807) is 0 Å². The van der Waals surface area contributed by atoms with Crippen molar-refractivity contribution in [3.63, 3.8) is 0 Å². The molecule has 0 amide bonds. The molecule has 3 N–H and O–H groups in total. The van der Waals surface area contributed by atoms with Crippen molar-refractivity contribution >= 4 is 5.97 Å². The number of rotatable bonds is 3. The molecule has 1 saturated heterocycles. The van der Waals surface area contributed by atoms with Gasteiger partial charge in [0, 0.05) is 5.41 Å².